The van der Waals surface area contributed by atoms with Crippen molar-refractivity contribution in [3.8, 4) is 0 Å². The van der Waals surface area contributed by atoms with E-state index in [0.717, 1.165) is 16.7 Å². The van der Waals surface area contributed by atoms with Crippen molar-refractivity contribution in [2.45, 2.75) is 19.1 Å². The lowest BCUT2D eigenvalue weighted by Gasteiger charge is -2.08. The number of hydroxylamine groups is 1. The van der Waals surface area contributed by atoms with E-state index >= 15 is 0 Å². The van der Waals surface area contributed by atoms with Gasteiger partial charge in [-0.05, 0) is 5.56 Å². The Bertz CT molecular complexity index is 321. The Morgan fingerprint density at radius 2 is 2.14 bits per heavy atom. The van der Waals surface area contributed by atoms with Crippen LogP contribution < -0.4 is 0 Å². The summed E-state index contributed by atoms with van der Waals surface area (Å²) in [6.07, 6.45) is 2.43. The molecule has 1 aromatic rings. The lowest BCUT2D eigenvalue weighted by atomic mass is 10.2. The Balaban J connectivity index is 1.79. The van der Waals surface area contributed by atoms with Gasteiger partial charge in [0.05, 0.1) is 13.0 Å². The highest BCUT2D eigenvalue weighted by atomic mass is 16.5. The van der Waals surface area contributed by atoms with E-state index in [1.165, 1.54) is 0 Å². The van der Waals surface area contributed by atoms with E-state index in [2.05, 4.69) is 0 Å². The fourth-order valence-electron chi connectivity index (χ4n) is 1.49. The third-order valence-electron chi connectivity index (χ3n) is 2.28. The van der Waals surface area contributed by atoms with Crippen LogP contribution in [-0.2, 0) is 11.3 Å². The van der Waals surface area contributed by atoms with Crippen LogP contribution in [0.1, 0.15) is 12.0 Å². The van der Waals surface area contributed by atoms with E-state index in [-0.39, 0.29) is 6.10 Å². The normalized spacial score (nSPS) is 20.9. The maximum atomic E-state index is 10.8. The zero-order valence-electron chi connectivity index (χ0n) is 7.93. The van der Waals surface area contributed by atoms with E-state index in [4.69, 9.17) is 4.74 Å². The second-order valence-corrected chi connectivity index (χ2v) is 3.44. The number of ether oxygens (including phenoxy) is 1. The largest absolute Gasteiger partial charge is 0.624 e. The van der Waals surface area contributed by atoms with Crippen molar-refractivity contribution in [2.75, 3.05) is 6.54 Å². The number of hydrogen-bond donors (Lipinski definition) is 0. The Hall–Kier alpha value is -1.35. The molecule has 0 radical (unpaired) electrons. The molecule has 1 unspecified atom stereocenters. The average Bonchev–Trinajstić information content (AvgIpc) is 2.63. The molecule has 1 aliphatic heterocycles. The van der Waals surface area contributed by atoms with Crippen molar-refractivity contribution in [3.63, 3.8) is 0 Å². The van der Waals surface area contributed by atoms with Crippen molar-refractivity contribution in [2.24, 2.45) is 0 Å². The van der Waals surface area contributed by atoms with Crippen LogP contribution in [0.15, 0.2) is 30.3 Å². The van der Waals surface area contributed by atoms with Gasteiger partial charge >= 0.3 is 0 Å². The van der Waals surface area contributed by atoms with Gasteiger partial charge in [-0.15, -0.1) is 0 Å². The molecule has 0 aliphatic carbocycles. The van der Waals surface area contributed by atoms with E-state index < -0.39 is 0 Å². The maximum absolute atomic E-state index is 10.8. The van der Waals surface area contributed by atoms with Gasteiger partial charge in [0.25, 0.3) is 0 Å². The van der Waals surface area contributed by atoms with Crippen molar-refractivity contribution < 1.29 is 9.48 Å². The molecule has 0 amide bonds. The zero-order chi connectivity index (χ0) is 9.80. The summed E-state index contributed by atoms with van der Waals surface area (Å²) in [5.41, 5.74) is 1.15. The Kier molecular flexibility index (Phi) is 2.79. The molecule has 2 rings (SSSR count). The Labute approximate surface area is 83.2 Å². The first kappa shape index (κ1) is 9.21. The second kappa shape index (κ2) is 4.24. The number of nitrogens with zero attached hydrogens (tertiary/aromatic N) is 1. The summed E-state index contributed by atoms with van der Waals surface area (Å²) in [7, 11) is 0. The second-order valence-electron chi connectivity index (χ2n) is 3.44. The molecule has 0 aromatic heterocycles. The lowest BCUT2D eigenvalue weighted by Crippen LogP contribution is -2.16. The fraction of sp³-hybridized carbons (Fsp3) is 0.364. The summed E-state index contributed by atoms with van der Waals surface area (Å²) >= 11 is 0. The van der Waals surface area contributed by atoms with E-state index in [0.29, 0.717) is 13.2 Å². The molecule has 0 fully saturated rings. The van der Waals surface area contributed by atoms with E-state index in [9.17, 15) is 5.21 Å². The maximum Gasteiger partial charge on any atom is 0.179 e. The number of benzene rings is 1. The highest BCUT2D eigenvalue weighted by Gasteiger charge is 2.19. The third-order valence-corrected chi connectivity index (χ3v) is 2.28. The van der Waals surface area contributed by atoms with Crippen LogP contribution in [0.4, 0.5) is 0 Å². The van der Waals surface area contributed by atoms with Crippen LogP contribution in [-0.4, -0.2) is 23.6 Å². The minimum Gasteiger partial charge on any atom is -0.624 e. The molecule has 0 bridgehead atoms. The summed E-state index contributed by atoms with van der Waals surface area (Å²) in [4.78, 5) is 0. The van der Waals surface area contributed by atoms with Crippen LogP contribution in [0.25, 0.3) is 0 Å². The molecule has 0 spiro atoms. The van der Waals surface area contributed by atoms with Gasteiger partial charge in [-0.1, -0.05) is 30.3 Å². The molecule has 0 saturated heterocycles. The predicted molar refractivity (Wildman–Crippen MR) is 54.2 cm³/mol. The van der Waals surface area contributed by atoms with Crippen molar-refractivity contribution >= 4 is 6.21 Å². The SMILES string of the molecule is [O-][N+]1=CCC(OCc2ccccc2)C1. The molecular formula is C11H13NO2. The van der Waals surface area contributed by atoms with Gasteiger partial charge in [-0.3, -0.25) is 0 Å². The lowest BCUT2D eigenvalue weighted by molar-refractivity contribution is -0.453. The highest BCUT2D eigenvalue weighted by molar-refractivity contribution is 5.53. The Morgan fingerprint density at radius 3 is 2.79 bits per heavy atom. The van der Waals surface area contributed by atoms with Gasteiger partial charge in [-0.2, -0.15) is 0 Å². The van der Waals surface area contributed by atoms with Crippen LogP contribution >= 0.6 is 0 Å². The summed E-state index contributed by atoms with van der Waals surface area (Å²) in [6.45, 7) is 1.06. The van der Waals surface area contributed by atoms with Gasteiger partial charge in [0.2, 0.25) is 0 Å². The van der Waals surface area contributed by atoms with Crippen molar-refractivity contribution in [1.82, 2.24) is 0 Å². The molecule has 3 nitrogen and oxygen atoms in total. The average molecular weight is 191 g/mol. The zero-order valence-corrected chi connectivity index (χ0v) is 7.93. The molecule has 1 aliphatic rings. The first-order valence-electron chi connectivity index (χ1n) is 4.77. The summed E-state index contributed by atoms with van der Waals surface area (Å²) < 4.78 is 6.53. The summed E-state index contributed by atoms with van der Waals surface area (Å²) in [5.74, 6) is 0. The topological polar surface area (TPSA) is 35.3 Å². The van der Waals surface area contributed by atoms with Crippen molar-refractivity contribution in [3.05, 3.63) is 41.1 Å². The van der Waals surface area contributed by atoms with Crippen molar-refractivity contribution in [1.29, 1.82) is 0 Å². The number of hydrogen-bond acceptors (Lipinski definition) is 2. The number of rotatable bonds is 3. The summed E-state index contributed by atoms with van der Waals surface area (Å²) in [6, 6.07) is 9.99. The minimum atomic E-state index is 0.0627. The van der Waals surface area contributed by atoms with Gasteiger partial charge < -0.3 is 9.94 Å². The Morgan fingerprint density at radius 1 is 1.36 bits per heavy atom. The van der Waals surface area contributed by atoms with Gasteiger partial charge in [0.15, 0.2) is 12.8 Å². The molecule has 0 saturated carbocycles. The summed E-state index contributed by atoms with van der Waals surface area (Å²) in [5, 5.41) is 10.8. The van der Waals surface area contributed by atoms with E-state index in [1.807, 2.05) is 30.3 Å². The monoisotopic (exact) mass is 191 g/mol. The van der Waals surface area contributed by atoms with Crippen LogP contribution in [0.3, 0.4) is 0 Å². The van der Waals surface area contributed by atoms with Crippen LogP contribution in [0.2, 0.25) is 0 Å². The molecule has 1 aromatic carbocycles. The van der Waals surface area contributed by atoms with Gasteiger partial charge in [-0.25, -0.2) is 4.74 Å². The predicted octanol–water partition coefficient (Wildman–Crippen LogP) is 1.56. The highest BCUT2D eigenvalue weighted by Crippen LogP contribution is 2.08. The molecule has 0 N–H and O–H groups in total. The first-order valence-corrected chi connectivity index (χ1v) is 4.77. The van der Waals surface area contributed by atoms with Crippen LogP contribution in [0, 0.1) is 5.21 Å². The molecule has 1 heterocycles. The smallest absolute Gasteiger partial charge is 0.179 e. The molecule has 74 valence electrons. The van der Waals surface area contributed by atoms with E-state index in [1.54, 1.807) is 6.21 Å². The molecule has 1 atom stereocenters. The minimum absolute atomic E-state index is 0.0627. The van der Waals surface area contributed by atoms with Gasteiger partial charge in [0.1, 0.15) is 6.10 Å². The molecular weight excluding hydrogens is 178 g/mol. The van der Waals surface area contributed by atoms with Gasteiger partial charge in [0, 0.05) is 0 Å². The standard InChI is InChI=1S/C11H13NO2/c13-12-7-6-11(8-12)14-9-10-4-2-1-3-5-10/h1-5,7,11H,6,8-9H2. The fourth-order valence-corrected chi connectivity index (χ4v) is 1.49. The quantitative estimate of drug-likeness (QED) is 0.537. The first-order chi connectivity index (χ1) is 6.84. The third kappa shape index (κ3) is 2.33. The van der Waals surface area contributed by atoms with Crippen LogP contribution in [0.5, 0.6) is 0 Å². The molecule has 3 heteroatoms. The molecule has 14 heavy (non-hydrogen) atoms.